The number of hydrogen-bond acceptors (Lipinski definition) is 6. The highest BCUT2D eigenvalue weighted by atomic mass is 35.5. The van der Waals surface area contributed by atoms with Crippen LogP contribution in [0.3, 0.4) is 0 Å². The first-order valence-corrected chi connectivity index (χ1v) is 15.5. The Morgan fingerprint density at radius 2 is 1.44 bits per heavy atom. The van der Waals surface area contributed by atoms with Crippen molar-refractivity contribution in [2.45, 2.75) is 11.4 Å². The molecule has 4 aromatic carbocycles. The number of carbonyl (C=O) groups is 1. The van der Waals surface area contributed by atoms with Gasteiger partial charge in [0.15, 0.2) is 0 Å². The predicted octanol–water partition coefficient (Wildman–Crippen LogP) is 6.34. The summed E-state index contributed by atoms with van der Waals surface area (Å²) in [5, 5.41) is 0.380. The molecule has 0 aromatic heterocycles. The van der Waals surface area contributed by atoms with Crippen LogP contribution in [0.5, 0.6) is 0 Å². The van der Waals surface area contributed by atoms with Crippen LogP contribution in [0.15, 0.2) is 89.8 Å². The van der Waals surface area contributed by atoms with Crippen molar-refractivity contribution in [3.63, 3.8) is 0 Å². The first kappa shape index (κ1) is 29.2. The van der Waals surface area contributed by atoms with E-state index in [-0.39, 0.29) is 21.3 Å². The molecule has 5 rings (SSSR count). The van der Waals surface area contributed by atoms with E-state index in [0.29, 0.717) is 5.02 Å². The molecule has 0 unspecified atom stereocenters. The van der Waals surface area contributed by atoms with E-state index in [2.05, 4.69) is 28.0 Å². The fraction of sp³-hybridized carbons (Fsp3) is 0.167. The number of amides is 1. The Bertz CT molecular complexity index is 1650. The van der Waals surface area contributed by atoms with Gasteiger partial charge in [-0.2, -0.15) is 0 Å². The van der Waals surface area contributed by atoms with E-state index in [0.717, 1.165) is 44.0 Å². The summed E-state index contributed by atoms with van der Waals surface area (Å²) in [6.07, 6.45) is 0. The molecule has 0 aliphatic carbocycles. The summed E-state index contributed by atoms with van der Waals surface area (Å²) in [6, 6.07) is 25.7. The zero-order valence-corrected chi connectivity index (χ0v) is 24.9. The van der Waals surface area contributed by atoms with Crippen molar-refractivity contribution in [2.24, 2.45) is 0 Å². The third-order valence-electron chi connectivity index (χ3n) is 6.95. The summed E-state index contributed by atoms with van der Waals surface area (Å²) in [6.45, 7) is 4.22. The summed E-state index contributed by atoms with van der Waals surface area (Å²) in [5.41, 5.74) is 10.6. The van der Waals surface area contributed by atoms with Crippen molar-refractivity contribution in [1.82, 2.24) is 9.62 Å². The van der Waals surface area contributed by atoms with Gasteiger partial charge in [-0.25, -0.2) is 13.1 Å². The lowest BCUT2D eigenvalue weighted by Gasteiger charge is -2.36. The van der Waals surface area contributed by atoms with Gasteiger partial charge in [0, 0.05) is 54.7 Å². The van der Waals surface area contributed by atoms with Gasteiger partial charge < -0.3 is 10.6 Å². The number of piperazine rings is 1. The van der Waals surface area contributed by atoms with Crippen molar-refractivity contribution < 1.29 is 13.2 Å². The number of rotatable bonds is 7. The third kappa shape index (κ3) is 6.80. The van der Waals surface area contributed by atoms with Gasteiger partial charge >= 0.3 is 0 Å². The highest BCUT2D eigenvalue weighted by Gasteiger charge is 2.25. The van der Waals surface area contributed by atoms with Crippen LogP contribution >= 0.6 is 34.8 Å². The second-order valence-corrected chi connectivity index (χ2v) is 12.6. The Kier molecular flexibility index (Phi) is 8.77. The normalized spacial score (nSPS) is 14.2. The molecule has 1 aliphatic rings. The molecule has 1 aliphatic heterocycles. The Morgan fingerprint density at radius 1 is 0.829 bits per heavy atom. The molecule has 0 spiro atoms. The summed E-state index contributed by atoms with van der Waals surface area (Å²) >= 11 is 18.2. The Hall–Kier alpha value is -3.27. The van der Waals surface area contributed by atoms with E-state index in [1.165, 1.54) is 23.3 Å². The lowest BCUT2D eigenvalue weighted by molar-refractivity contribution is 0.0981. The Labute approximate surface area is 254 Å². The van der Waals surface area contributed by atoms with E-state index >= 15 is 0 Å². The molecule has 1 fully saturated rings. The van der Waals surface area contributed by atoms with Crippen LogP contribution in [0.4, 0.5) is 11.4 Å². The van der Waals surface area contributed by atoms with Gasteiger partial charge in [-0.1, -0.05) is 71.2 Å². The predicted molar refractivity (Wildman–Crippen MR) is 166 cm³/mol. The first-order valence-electron chi connectivity index (χ1n) is 12.8. The van der Waals surface area contributed by atoms with E-state index in [4.69, 9.17) is 40.5 Å². The fourth-order valence-corrected chi connectivity index (χ4v) is 7.20. The van der Waals surface area contributed by atoms with Crippen LogP contribution in [-0.2, 0) is 16.6 Å². The number of nitrogens with zero attached hydrogens (tertiary/aromatic N) is 2. The Balaban J connectivity index is 1.20. The van der Waals surface area contributed by atoms with Crippen LogP contribution in [-0.4, -0.2) is 45.4 Å². The van der Waals surface area contributed by atoms with E-state index in [9.17, 15) is 13.2 Å². The molecule has 11 heteroatoms. The molecule has 1 heterocycles. The molecular weight excluding hydrogens is 603 g/mol. The van der Waals surface area contributed by atoms with Crippen LogP contribution in [0.25, 0.3) is 11.1 Å². The second kappa shape index (κ2) is 12.3. The largest absolute Gasteiger partial charge is 0.399 e. The van der Waals surface area contributed by atoms with Crippen molar-refractivity contribution >= 4 is 62.1 Å². The van der Waals surface area contributed by atoms with Gasteiger partial charge in [0.1, 0.15) is 4.90 Å². The van der Waals surface area contributed by atoms with Gasteiger partial charge in [-0.05, 0) is 65.2 Å². The molecule has 4 aromatic rings. The number of nitrogen functional groups attached to an aromatic ring is 1. The highest BCUT2D eigenvalue weighted by molar-refractivity contribution is 7.90. The lowest BCUT2D eigenvalue weighted by Crippen LogP contribution is -2.46. The fourth-order valence-electron chi connectivity index (χ4n) is 4.87. The molecule has 0 bridgehead atoms. The van der Waals surface area contributed by atoms with E-state index < -0.39 is 20.8 Å². The summed E-state index contributed by atoms with van der Waals surface area (Å²) in [7, 11) is -4.31. The molecule has 41 heavy (non-hydrogen) atoms. The molecular formula is C30H27Cl3N4O3S. The molecule has 1 amide bonds. The lowest BCUT2D eigenvalue weighted by atomic mass is 9.99. The zero-order valence-electron chi connectivity index (χ0n) is 21.9. The molecule has 0 saturated carbocycles. The topological polar surface area (TPSA) is 95.7 Å². The molecule has 3 N–H and O–H groups in total. The minimum atomic E-state index is -4.31. The second-order valence-electron chi connectivity index (χ2n) is 9.72. The van der Waals surface area contributed by atoms with E-state index in [1.807, 2.05) is 47.2 Å². The number of nitrogens with two attached hydrogens (primary N) is 1. The van der Waals surface area contributed by atoms with Crippen LogP contribution in [0.1, 0.15) is 15.9 Å². The van der Waals surface area contributed by atoms with Gasteiger partial charge in [0.25, 0.3) is 15.9 Å². The van der Waals surface area contributed by atoms with E-state index in [1.54, 1.807) is 12.1 Å². The average molecular weight is 630 g/mol. The Morgan fingerprint density at radius 3 is 2.07 bits per heavy atom. The number of halogens is 3. The van der Waals surface area contributed by atoms with Crippen LogP contribution in [0, 0.1) is 0 Å². The van der Waals surface area contributed by atoms with Gasteiger partial charge in [0.05, 0.1) is 10.0 Å². The minimum absolute atomic E-state index is 0.168. The molecule has 212 valence electrons. The van der Waals surface area contributed by atoms with Gasteiger partial charge in [-0.3, -0.25) is 9.69 Å². The molecule has 0 atom stereocenters. The molecule has 1 saturated heterocycles. The first-order chi connectivity index (χ1) is 19.6. The van der Waals surface area contributed by atoms with Crippen molar-refractivity contribution in [3.05, 3.63) is 111 Å². The molecule has 0 radical (unpaired) electrons. The number of anilines is 2. The SMILES string of the molecule is Nc1cc(Cl)c(S(=O)(=O)NC(=O)c2ccc(N3CCN(Cc4ccccc4-c4ccc(Cl)cc4)CC3)cc2)c(Cl)c1. The van der Waals surface area contributed by atoms with Gasteiger partial charge in [-0.15, -0.1) is 0 Å². The number of benzene rings is 4. The van der Waals surface area contributed by atoms with Gasteiger partial charge in [0.2, 0.25) is 0 Å². The minimum Gasteiger partial charge on any atom is -0.399 e. The zero-order chi connectivity index (χ0) is 29.1. The maximum absolute atomic E-state index is 12.8. The third-order valence-corrected chi connectivity index (χ3v) is 9.45. The highest BCUT2D eigenvalue weighted by Crippen LogP contribution is 2.32. The maximum atomic E-state index is 12.8. The standard InChI is InChI=1S/C30H27Cl3N4O3S/c31-23-9-5-20(6-10-23)26-4-2-1-3-22(26)19-36-13-15-37(16-14-36)25-11-7-21(8-12-25)30(38)35-41(39,40)29-27(32)17-24(34)18-28(29)33/h1-12,17-18H,13-16,19,34H2,(H,35,38). The monoisotopic (exact) mass is 628 g/mol. The van der Waals surface area contributed by atoms with Crippen LogP contribution < -0.4 is 15.4 Å². The van der Waals surface area contributed by atoms with Crippen molar-refractivity contribution in [3.8, 4) is 11.1 Å². The molecule has 7 nitrogen and oxygen atoms in total. The van der Waals surface area contributed by atoms with Crippen LogP contribution in [0.2, 0.25) is 15.1 Å². The van der Waals surface area contributed by atoms with Crippen molar-refractivity contribution in [2.75, 3.05) is 36.8 Å². The smallest absolute Gasteiger partial charge is 0.267 e. The maximum Gasteiger partial charge on any atom is 0.267 e. The summed E-state index contributed by atoms with van der Waals surface area (Å²) in [4.78, 5) is 17.0. The summed E-state index contributed by atoms with van der Waals surface area (Å²) < 4.78 is 27.6. The quantitative estimate of drug-likeness (QED) is 0.232. The number of carbonyl (C=O) groups excluding carboxylic acids is 1. The summed E-state index contributed by atoms with van der Waals surface area (Å²) in [5.74, 6) is -0.787. The average Bonchev–Trinajstić information content (AvgIpc) is 2.93. The number of hydrogen-bond donors (Lipinski definition) is 2. The van der Waals surface area contributed by atoms with Crippen molar-refractivity contribution in [1.29, 1.82) is 0 Å². The number of sulfonamides is 1. The number of nitrogens with one attached hydrogen (secondary N) is 1.